The molecule has 0 radical (unpaired) electrons. The maximum absolute atomic E-state index is 11.8. The van der Waals surface area contributed by atoms with Crippen LogP contribution in [0.15, 0.2) is 35.2 Å². The Morgan fingerprint density at radius 1 is 1.42 bits per heavy atom. The first kappa shape index (κ1) is 14.1. The lowest BCUT2D eigenvalue weighted by atomic mass is 9.96. The first-order valence-electron chi connectivity index (χ1n) is 6.55. The van der Waals surface area contributed by atoms with Crippen molar-refractivity contribution in [3.05, 3.63) is 30.3 Å². The molecule has 1 heterocycles. The van der Waals surface area contributed by atoms with Crippen LogP contribution in [0.1, 0.15) is 26.7 Å². The van der Waals surface area contributed by atoms with Gasteiger partial charge >= 0.3 is 5.97 Å². The van der Waals surface area contributed by atoms with Crippen molar-refractivity contribution in [2.24, 2.45) is 5.92 Å². The fraction of sp³-hybridized carbons (Fsp3) is 0.467. The lowest BCUT2D eigenvalue weighted by Gasteiger charge is -2.22. The van der Waals surface area contributed by atoms with Crippen LogP contribution in [-0.4, -0.2) is 23.1 Å². The molecular formula is C15H18O3S. The van der Waals surface area contributed by atoms with Gasteiger partial charge in [0.15, 0.2) is 0 Å². The van der Waals surface area contributed by atoms with Crippen LogP contribution >= 0.6 is 11.8 Å². The summed E-state index contributed by atoms with van der Waals surface area (Å²) in [4.78, 5) is 24.4. The molecule has 3 atom stereocenters. The highest BCUT2D eigenvalue weighted by Gasteiger charge is 2.40. The zero-order valence-electron chi connectivity index (χ0n) is 11.2. The summed E-state index contributed by atoms with van der Waals surface area (Å²) in [5.41, 5.74) is 0. The topological polar surface area (TPSA) is 43.4 Å². The molecular weight excluding hydrogens is 260 g/mol. The molecule has 0 aromatic heterocycles. The Hall–Kier alpha value is -1.29. The predicted molar refractivity (Wildman–Crippen MR) is 75.0 cm³/mol. The molecule has 3 nitrogen and oxygen atoms in total. The SMILES string of the molecule is CCC(=O)C(C)[C@@H]1OC(=O)C[C@H]1Sc1ccccc1. The van der Waals surface area contributed by atoms with E-state index < -0.39 is 0 Å². The van der Waals surface area contributed by atoms with Crippen LogP contribution in [0.5, 0.6) is 0 Å². The summed E-state index contributed by atoms with van der Waals surface area (Å²) in [5, 5.41) is 0.0281. The Bertz CT molecular complexity index is 458. The maximum Gasteiger partial charge on any atom is 0.307 e. The second-order valence-corrected chi connectivity index (χ2v) is 6.05. The molecule has 0 N–H and O–H groups in total. The minimum absolute atomic E-state index is 0.0281. The van der Waals surface area contributed by atoms with E-state index in [9.17, 15) is 9.59 Å². The van der Waals surface area contributed by atoms with E-state index in [0.717, 1.165) is 4.90 Å². The standard InChI is InChI=1S/C15H18O3S/c1-3-12(16)10(2)15-13(9-14(17)18-15)19-11-7-5-4-6-8-11/h4-8,10,13,15H,3,9H2,1-2H3/t10?,13-,15+/m1/s1. The number of hydrogen-bond donors (Lipinski definition) is 0. The molecule has 2 rings (SSSR count). The van der Waals surface area contributed by atoms with Crippen molar-refractivity contribution in [1.29, 1.82) is 0 Å². The summed E-state index contributed by atoms with van der Waals surface area (Å²) < 4.78 is 5.35. The van der Waals surface area contributed by atoms with Gasteiger partial charge in [-0.1, -0.05) is 32.0 Å². The molecule has 1 fully saturated rings. The van der Waals surface area contributed by atoms with Crippen molar-refractivity contribution in [1.82, 2.24) is 0 Å². The molecule has 1 aromatic rings. The van der Waals surface area contributed by atoms with Gasteiger partial charge in [0.25, 0.3) is 0 Å². The van der Waals surface area contributed by atoms with Gasteiger partial charge in [0.2, 0.25) is 0 Å². The lowest BCUT2D eigenvalue weighted by Crippen LogP contribution is -2.31. The number of rotatable bonds is 5. The number of carbonyl (C=O) groups excluding carboxylic acids is 2. The lowest BCUT2D eigenvalue weighted by molar-refractivity contribution is -0.144. The van der Waals surface area contributed by atoms with Crippen molar-refractivity contribution >= 4 is 23.5 Å². The molecule has 1 saturated heterocycles. The minimum Gasteiger partial charge on any atom is -0.460 e. The number of carbonyl (C=O) groups is 2. The van der Waals surface area contributed by atoms with Crippen molar-refractivity contribution < 1.29 is 14.3 Å². The predicted octanol–water partition coefficient (Wildman–Crippen LogP) is 3.08. The number of thioether (sulfide) groups is 1. The van der Waals surface area contributed by atoms with E-state index in [1.807, 2.05) is 44.2 Å². The molecule has 0 saturated carbocycles. The van der Waals surface area contributed by atoms with Gasteiger partial charge in [-0.2, -0.15) is 0 Å². The molecule has 1 aliphatic rings. The largest absolute Gasteiger partial charge is 0.460 e. The summed E-state index contributed by atoms with van der Waals surface area (Å²) in [6.45, 7) is 3.70. The second kappa shape index (κ2) is 6.24. The highest BCUT2D eigenvalue weighted by atomic mass is 32.2. The van der Waals surface area contributed by atoms with Crippen LogP contribution in [0.2, 0.25) is 0 Å². The van der Waals surface area contributed by atoms with Crippen LogP contribution in [-0.2, 0) is 14.3 Å². The molecule has 4 heteroatoms. The summed E-state index contributed by atoms with van der Waals surface area (Å²) in [7, 11) is 0. The molecule has 0 amide bonds. The summed E-state index contributed by atoms with van der Waals surface area (Å²) in [5.74, 6) is -0.273. The first-order chi connectivity index (χ1) is 9.11. The fourth-order valence-electron chi connectivity index (χ4n) is 2.27. The van der Waals surface area contributed by atoms with Gasteiger partial charge < -0.3 is 4.74 Å². The average Bonchev–Trinajstić information content (AvgIpc) is 2.79. The van der Waals surface area contributed by atoms with Crippen molar-refractivity contribution in [3.8, 4) is 0 Å². The van der Waals surface area contributed by atoms with Crippen LogP contribution in [0.3, 0.4) is 0 Å². The third-order valence-corrected chi connectivity index (χ3v) is 4.66. The molecule has 1 aliphatic heterocycles. The van der Waals surface area contributed by atoms with Gasteiger partial charge in [-0.3, -0.25) is 9.59 Å². The van der Waals surface area contributed by atoms with E-state index in [2.05, 4.69) is 0 Å². The van der Waals surface area contributed by atoms with Gasteiger partial charge in [0.05, 0.1) is 17.6 Å². The number of benzene rings is 1. The maximum atomic E-state index is 11.8. The first-order valence-corrected chi connectivity index (χ1v) is 7.43. The zero-order chi connectivity index (χ0) is 13.8. The number of Topliss-reactive ketones (excluding diaryl/α,β-unsaturated/α-hetero) is 1. The van der Waals surface area contributed by atoms with Crippen LogP contribution in [0.25, 0.3) is 0 Å². The molecule has 102 valence electrons. The minimum atomic E-state index is -0.301. The van der Waals surface area contributed by atoms with Crippen LogP contribution in [0.4, 0.5) is 0 Å². The average molecular weight is 278 g/mol. The monoisotopic (exact) mass is 278 g/mol. The van der Waals surface area contributed by atoms with E-state index in [4.69, 9.17) is 4.74 Å². The van der Waals surface area contributed by atoms with E-state index in [1.54, 1.807) is 11.8 Å². The molecule has 1 unspecified atom stereocenters. The number of ketones is 1. The Morgan fingerprint density at radius 2 is 2.11 bits per heavy atom. The van der Waals surface area contributed by atoms with E-state index in [-0.39, 0.29) is 29.0 Å². The Morgan fingerprint density at radius 3 is 2.74 bits per heavy atom. The quantitative estimate of drug-likeness (QED) is 0.776. The number of cyclic esters (lactones) is 1. The third-order valence-electron chi connectivity index (χ3n) is 3.38. The van der Waals surface area contributed by atoms with E-state index >= 15 is 0 Å². The Kier molecular flexibility index (Phi) is 4.64. The highest BCUT2D eigenvalue weighted by Crippen LogP contribution is 2.36. The molecule has 0 bridgehead atoms. The zero-order valence-corrected chi connectivity index (χ0v) is 12.0. The second-order valence-electron chi connectivity index (χ2n) is 4.74. The van der Waals surface area contributed by atoms with Crippen molar-refractivity contribution in [2.75, 3.05) is 0 Å². The number of esters is 1. The summed E-state index contributed by atoms with van der Waals surface area (Å²) in [6, 6.07) is 9.92. The normalized spacial score (nSPS) is 24.0. The molecule has 1 aromatic carbocycles. The molecule has 0 spiro atoms. The summed E-state index contributed by atoms with van der Waals surface area (Å²) >= 11 is 1.62. The van der Waals surface area contributed by atoms with Gasteiger partial charge in [-0.25, -0.2) is 0 Å². The van der Waals surface area contributed by atoms with Crippen LogP contribution < -0.4 is 0 Å². The van der Waals surface area contributed by atoms with E-state index in [0.29, 0.717) is 12.8 Å². The third kappa shape index (κ3) is 3.38. The smallest absolute Gasteiger partial charge is 0.307 e. The van der Waals surface area contributed by atoms with Gasteiger partial charge in [0.1, 0.15) is 11.9 Å². The fourth-order valence-corrected chi connectivity index (χ4v) is 3.58. The van der Waals surface area contributed by atoms with E-state index in [1.165, 1.54) is 0 Å². The Balaban J connectivity index is 2.09. The van der Waals surface area contributed by atoms with Gasteiger partial charge in [-0.05, 0) is 12.1 Å². The molecule has 19 heavy (non-hydrogen) atoms. The van der Waals surface area contributed by atoms with Gasteiger partial charge in [0, 0.05) is 11.3 Å². The highest BCUT2D eigenvalue weighted by molar-refractivity contribution is 8.00. The number of ether oxygens (including phenoxy) is 1. The van der Waals surface area contributed by atoms with Crippen molar-refractivity contribution in [3.63, 3.8) is 0 Å². The Labute approximate surface area is 117 Å². The van der Waals surface area contributed by atoms with Gasteiger partial charge in [-0.15, -0.1) is 11.8 Å². The summed E-state index contributed by atoms with van der Waals surface area (Å²) in [6.07, 6.45) is 0.564. The number of hydrogen-bond acceptors (Lipinski definition) is 4. The van der Waals surface area contributed by atoms with Crippen LogP contribution in [0, 0.1) is 5.92 Å². The van der Waals surface area contributed by atoms with Crippen molar-refractivity contribution in [2.45, 2.75) is 42.9 Å². The molecule has 0 aliphatic carbocycles.